The van der Waals surface area contributed by atoms with Gasteiger partial charge in [-0.15, -0.1) is 0 Å². The van der Waals surface area contributed by atoms with E-state index in [2.05, 4.69) is 103 Å². The number of aryl methyl sites for hydroxylation is 2. The van der Waals surface area contributed by atoms with Crippen molar-refractivity contribution in [3.63, 3.8) is 0 Å². The molecule has 0 aliphatic carbocycles. The zero-order valence-electron chi connectivity index (χ0n) is 23.1. The van der Waals surface area contributed by atoms with Gasteiger partial charge in [-0.1, -0.05) is 73.3 Å². The highest BCUT2D eigenvalue weighted by molar-refractivity contribution is 6.17. The number of rotatable bonds is 8. The van der Waals surface area contributed by atoms with Gasteiger partial charge in [-0.3, -0.25) is 4.99 Å². The van der Waals surface area contributed by atoms with Crippen LogP contribution < -0.4 is 10.6 Å². The van der Waals surface area contributed by atoms with Crippen molar-refractivity contribution in [2.75, 3.05) is 17.2 Å². The number of fused-ring (bicyclic) bond motifs is 1. The molecule has 2 aromatic heterocycles. The summed E-state index contributed by atoms with van der Waals surface area (Å²) in [5, 5.41) is 11.6. The first kappa shape index (κ1) is 25.3. The smallest absolute Gasteiger partial charge is 0.160 e. The van der Waals surface area contributed by atoms with Crippen LogP contribution in [0.4, 0.5) is 11.5 Å². The summed E-state index contributed by atoms with van der Waals surface area (Å²) < 4.78 is 1.88. The van der Waals surface area contributed by atoms with Crippen LogP contribution in [0.25, 0.3) is 16.9 Å². The molecule has 0 fully saturated rings. The molecule has 3 aromatic carbocycles. The van der Waals surface area contributed by atoms with Crippen LogP contribution in [0.1, 0.15) is 29.2 Å². The van der Waals surface area contributed by atoms with Crippen molar-refractivity contribution in [1.82, 2.24) is 14.6 Å². The largest absolute Gasteiger partial charge is 0.366 e. The maximum Gasteiger partial charge on any atom is 0.160 e. The second kappa shape index (κ2) is 10.7. The number of hydrogen-bond acceptors (Lipinski definition) is 5. The van der Waals surface area contributed by atoms with Crippen LogP contribution in [0.5, 0.6) is 0 Å². The van der Waals surface area contributed by atoms with E-state index >= 15 is 0 Å². The third kappa shape index (κ3) is 4.92. The fourth-order valence-electron chi connectivity index (χ4n) is 5.12. The van der Waals surface area contributed by atoms with Crippen LogP contribution in [-0.4, -0.2) is 26.9 Å². The lowest BCUT2D eigenvalue weighted by Gasteiger charge is -2.15. The highest BCUT2D eigenvalue weighted by Gasteiger charge is 2.21. The standard InChI is InChI=1S/C34H32N6/c1-22-10-8-9-13-29(22)30-18-31(40-34(39-30)24(3)20-37-40)35-21-26-14-16-28(17-15-26)38-25(4)32-23(2)19-36-33(32)27-11-6-5-7-12-27/h5-18,20,35,38H,4,19,21H2,1-3H3. The van der Waals surface area contributed by atoms with Crippen molar-refractivity contribution in [2.24, 2.45) is 4.99 Å². The summed E-state index contributed by atoms with van der Waals surface area (Å²) in [4.78, 5) is 9.69. The van der Waals surface area contributed by atoms with Crippen LogP contribution in [0, 0.1) is 13.8 Å². The Morgan fingerprint density at radius 3 is 2.42 bits per heavy atom. The molecule has 2 N–H and O–H groups in total. The fraction of sp³-hybridized carbons (Fsp3) is 0.147. The molecule has 0 bridgehead atoms. The van der Waals surface area contributed by atoms with Crippen LogP contribution in [0.3, 0.4) is 0 Å². The van der Waals surface area contributed by atoms with Crippen LogP contribution >= 0.6 is 0 Å². The lowest BCUT2D eigenvalue weighted by atomic mass is 9.98. The number of hydrogen-bond donors (Lipinski definition) is 2. The Morgan fingerprint density at radius 1 is 0.900 bits per heavy atom. The zero-order chi connectivity index (χ0) is 27.6. The predicted molar refractivity (Wildman–Crippen MR) is 165 cm³/mol. The van der Waals surface area contributed by atoms with E-state index < -0.39 is 0 Å². The average molecular weight is 525 g/mol. The SMILES string of the molecule is C=C(Nc1ccc(CNc2cc(-c3ccccc3C)nc3c(C)cnn23)cc1)C1=C(C)CN=C1c1ccccc1. The van der Waals surface area contributed by atoms with E-state index in [0.717, 1.165) is 62.1 Å². The first-order chi connectivity index (χ1) is 19.5. The summed E-state index contributed by atoms with van der Waals surface area (Å²) in [6.07, 6.45) is 1.86. The van der Waals surface area contributed by atoms with Gasteiger partial charge >= 0.3 is 0 Å². The number of benzene rings is 3. The topological polar surface area (TPSA) is 66.6 Å². The summed E-state index contributed by atoms with van der Waals surface area (Å²) in [6, 6.07) is 29.1. The van der Waals surface area contributed by atoms with E-state index in [9.17, 15) is 0 Å². The highest BCUT2D eigenvalue weighted by Crippen LogP contribution is 2.28. The number of nitrogens with one attached hydrogen (secondary N) is 2. The molecule has 1 aliphatic rings. The molecular weight excluding hydrogens is 492 g/mol. The van der Waals surface area contributed by atoms with Gasteiger partial charge in [0.25, 0.3) is 0 Å². The van der Waals surface area contributed by atoms with Gasteiger partial charge in [-0.25, -0.2) is 4.98 Å². The molecule has 0 atom stereocenters. The Bertz CT molecular complexity index is 1780. The lowest BCUT2D eigenvalue weighted by molar-refractivity contribution is 0.926. The van der Waals surface area contributed by atoms with Gasteiger partial charge in [0.15, 0.2) is 5.65 Å². The van der Waals surface area contributed by atoms with Gasteiger partial charge in [0, 0.05) is 46.3 Å². The Kier molecular flexibility index (Phi) is 6.74. The summed E-state index contributed by atoms with van der Waals surface area (Å²) in [5.41, 5.74) is 12.6. The normalized spacial score (nSPS) is 13.0. The Morgan fingerprint density at radius 2 is 1.65 bits per heavy atom. The van der Waals surface area contributed by atoms with E-state index in [4.69, 9.17) is 9.98 Å². The molecule has 3 heterocycles. The first-order valence-electron chi connectivity index (χ1n) is 13.5. The minimum atomic E-state index is 0.654. The zero-order valence-corrected chi connectivity index (χ0v) is 23.1. The minimum absolute atomic E-state index is 0.654. The Labute approximate surface area is 234 Å². The number of aliphatic imine (C=N–C) groups is 1. The molecule has 0 saturated heterocycles. The summed E-state index contributed by atoms with van der Waals surface area (Å²) in [6.45, 7) is 12.0. The number of allylic oxidation sites excluding steroid dienone is 1. The molecule has 198 valence electrons. The maximum atomic E-state index is 4.92. The second-order valence-corrected chi connectivity index (χ2v) is 10.2. The molecule has 6 heteroatoms. The summed E-state index contributed by atoms with van der Waals surface area (Å²) in [5.74, 6) is 0.906. The van der Waals surface area contributed by atoms with Crippen LogP contribution in [0.2, 0.25) is 0 Å². The number of anilines is 2. The van der Waals surface area contributed by atoms with Crippen molar-refractivity contribution in [3.8, 4) is 11.3 Å². The molecule has 0 radical (unpaired) electrons. The molecule has 0 spiro atoms. The summed E-state index contributed by atoms with van der Waals surface area (Å²) in [7, 11) is 0. The van der Waals surface area contributed by atoms with Crippen molar-refractivity contribution in [3.05, 3.63) is 137 Å². The molecular formula is C34H32N6. The van der Waals surface area contributed by atoms with Crippen molar-refractivity contribution < 1.29 is 0 Å². The van der Waals surface area contributed by atoms with E-state index in [1.807, 2.05) is 35.8 Å². The van der Waals surface area contributed by atoms with E-state index in [1.165, 1.54) is 11.1 Å². The van der Waals surface area contributed by atoms with Crippen molar-refractivity contribution in [1.29, 1.82) is 0 Å². The third-order valence-corrected chi connectivity index (χ3v) is 7.28. The highest BCUT2D eigenvalue weighted by atomic mass is 15.3. The van der Waals surface area contributed by atoms with Crippen molar-refractivity contribution in [2.45, 2.75) is 27.3 Å². The third-order valence-electron chi connectivity index (χ3n) is 7.28. The first-order valence-corrected chi connectivity index (χ1v) is 13.5. The number of nitrogens with zero attached hydrogens (tertiary/aromatic N) is 4. The van der Waals surface area contributed by atoms with Gasteiger partial charge in [-0.2, -0.15) is 9.61 Å². The van der Waals surface area contributed by atoms with Gasteiger partial charge < -0.3 is 10.6 Å². The monoisotopic (exact) mass is 524 g/mol. The molecule has 0 unspecified atom stereocenters. The van der Waals surface area contributed by atoms with Gasteiger partial charge in [-0.05, 0) is 49.6 Å². The van der Waals surface area contributed by atoms with Crippen molar-refractivity contribution >= 4 is 22.9 Å². The Hall–Kier alpha value is -4.97. The molecule has 0 saturated carbocycles. The quantitative estimate of drug-likeness (QED) is 0.222. The molecule has 5 aromatic rings. The fourth-order valence-corrected chi connectivity index (χ4v) is 5.12. The molecule has 6 nitrogen and oxygen atoms in total. The predicted octanol–water partition coefficient (Wildman–Crippen LogP) is 7.37. The Balaban J connectivity index is 1.18. The number of aromatic nitrogens is 3. The van der Waals surface area contributed by atoms with Gasteiger partial charge in [0.2, 0.25) is 0 Å². The van der Waals surface area contributed by atoms with Crippen LogP contribution in [0.15, 0.2) is 120 Å². The van der Waals surface area contributed by atoms with E-state index in [1.54, 1.807) is 0 Å². The molecule has 6 rings (SSSR count). The minimum Gasteiger partial charge on any atom is -0.366 e. The van der Waals surface area contributed by atoms with Crippen LogP contribution in [-0.2, 0) is 6.54 Å². The summed E-state index contributed by atoms with van der Waals surface area (Å²) >= 11 is 0. The van der Waals surface area contributed by atoms with Gasteiger partial charge in [0.05, 0.1) is 24.1 Å². The average Bonchev–Trinajstić information content (AvgIpc) is 3.55. The molecule has 0 amide bonds. The lowest BCUT2D eigenvalue weighted by Crippen LogP contribution is -2.11. The van der Waals surface area contributed by atoms with E-state index in [-0.39, 0.29) is 0 Å². The van der Waals surface area contributed by atoms with Gasteiger partial charge in [0.1, 0.15) is 5.82 Å². The second-order valence-electron chi connectivity index (χ2n) is 10.2. The molecule has 1 aliphatic heterocycles. The van der Waals surface area contributed by atoms with E-state index in [0.29, 0.717) is 13.1 Å². The maximum absolute atomic E-state index is 4.92. The molecule has 40 heavy (non-hydrogen) atoms.